The second-order valence-corrected chi connectivity index (χ2v) is 11.6. The van der Waals surface area contributed by atoms with Crippen molar-refractivity contribution < 1.29 is 29.3 Å². The molecule has 0 aromatic heterocycles. The molecule has 13 nitrogen and oxygen atoms in total. The zero-order valence-electron chi connectivity index (χ0n) is 25.1. The maximum Gasteiger partial charge on any atom is 0.277 e. The Morgan fingerprint density at radius 2 is 1.40 bits per heavy atom. The van der Waals surface area contributed by atoms with Gasteiger partial charge in [-0.05, 0) is 30.2 Å². The van der Waals surface area contributed by atoms with Crippen LogP contribution in [0.4, 0.5) is 11.4 Å². The van der Waals surface area contributed by atoms with Crippen molar-refractivity contribution in [1.82, 2.24) is 16.0 Å². The Labute approximate surface area is 250 Å². The summed E-state index contributed by atoms with van der Waals surface area (Å²) in [4.78, 5) is 60.3. The van der Waals surface area contributed by atoms with Gasteiger partial charge in [-0.15, -0.1) is 0 Å². The molecule has 2 aromatic carbocycles. The highest BCUT2D eigenvalue weighted by Gasteiger charge is 2.31. The highest BCUT2D eigenvalue weighted by Crippen LogP contribution is 2.23. The number of nitro benzene ring substituents is 2. The largest absolute Gasteiger partial charge is 0.391 e. The number of nitrogens with one attached hydrogen (secondary N) is 3. The number of carbonyl (C=O) groups is 3. The first-order valence-electron chi connectivity index (χ1n) is 14.2. The number of benzene rings is 2. The van der Waals surface area contributed by atoms with E-state index in [0.29, 0.717) is 18.5 Å². The zero-order chi connectivity index (χ0) is 32.3. The molecule has 0 saturated heterocycles. The van der Waals surface area contributed by atoms with Crippen LogP contribution in [0.25, 0.3) is 0 Å². The first-order chi connectivity index (χ1) is 20.2. The predicted molar refractivity (Wildman–Crippen MR) is 160 cm³/mol. The molecule has 13 heteroatoms. The SMILES string of the molecule is CC(C)CNC(=O)[C@H](C)C[C@H](O)[C@H](CC(C)C)NC(=O)[C@H](Cc1ccccc1)NC(=O)c1cc([N+](=O)[O-])cc([N+](=O)[O-])c1. The highest BCUT2D eigenvalue weighted by molar-refractivity contribution is 5.98. The molecular formula is C30H41N5O8. The normalized spacial score (nSPS) is 14.0. The van der Waals surface area contributed by atoms with Crippen LogP contribution in [-0.2, 0) is 16.0 Å². The van der Waals surface area contributed by atoms with Gasteiger partial charge in [0.15, 0.2) is 0 Å². The third kappa shape index (κ3) is 11.4. The molecule has 0 unspecified atom stereocenters. The Morgan fingerprint density at radius 1 is 0.814 bits per heavy atom. The van der Waals surface area contributed by atoms with E-state index in [1.54, 1.807) is 37.3 Å². The first kappa shape index (κ1) is 34.8. The lowest BCUT2D eigenvalue weighted by molar-refractivity contribution is -0.394. The number of hydrogen-bond donors (Lipinski definition) is 4. The van der Waals surface area contributed by atoms with E-state index >= 15 is 0 Å². The Hall–Kier alpha value is -4.39. The van der Waals surface area contributed by atoms with Crippen LogP contribution in [0.1, 0.15) is 63.4 Å². The van der Waals surface area contributed by atoms with Crippen LogP contribution in [0.5, 0.6) is 0 Å². The van der Waals surface area contributed by atoms with Crippen LogP contribution in [0, 0.1) is 38.0 Å². The smallest absolute Gasteiger partial charge is 0.277 e. The molecular weight excluding hydrogens is 558 g/mol. The fourth-order valence-electron chi connectivity index (χ4n) is 4.45. The van der Waals surface area contributed by atoms with E-state index in [2.05, 4.69) is 16.0 Å². The quantitative estimate of drug-likeness (QED) is 0.166. The Kier molecular flexibility index (Phi) is 13.2. The lowest BCUT2D eigenvalue weighted by atomic mass is 9.92. The number of non-ortho nitro benzene ring substituents is 2. The number of aliphatic hydroxyl groups is 1. The molecule has 0 aliphatic carbocycles. The fourth-order valence-corrected chi connectivity index (χ4v) is 4.45. The molecule has 0 bridgehead atoms. The van der Waals surface area contributed by atoms with E-state index in [0.717, 1.165) is 18.2 Å². The van der Waals surface area contributed by atoms with E-state index in [1.165, 1.54) is 0 Å². The number of nitro groups is 2. The van der Waals surface area contributed by atoms with Crippen LogP contribution in [0.3, 0.4) is 0 Å². The van der Waals surface area contributed by atoms with Crippen LogP contribution in [-0.4, -0.2) is 57.4 Å². The van der Waals surface area contributed by atoms with E-state index in [9.17, 15) is 39.7 Å². The Bertz CT molecular complexity index is 1250. The molecule has 0 radical (unpaired) electrons. The molecule has 0 aliphatic rings. The van der Waals surface area contributed by atoms with Gasteiger partial charge in [-0.1, -0.05) is 65.0 Å². The number of carbonyl (C=O) groups excluding carboxylic acids is 3. The Balaban J connectivity index is 2.31. The molecule has 43 heavy (non-hydrogen) atoms. The summed E-state index contributed by atoms with van der Waals surface area (Å²) in [6.45, 7) is 9.98. The van der Waals surface area contributed by atoms with Crippen molar-refractivity contribution >= 4 is 29.1 Å². The second kappa shape index (κ2) is 16.3. The number of hydrogen-bond acceptors (Lipinski definition) is 8. The average molecular weight is 600 g/mol. The zero-order valence-corrected chi connectivity index (χ0v) is 25.1. The van der Waals surface area contributed by atoms with Gasteiger partial charge in [-0.25, -0.2) is 0 Å². The Morgan fingerprint density at radius 3 is 1.91 bits per heavy atom. The van der Waals surface area contributed by atoms with Gasteiger partial charge in [0, 0.05) is 31.0 Å². The molecule has 4 N–H and O–H groups in total. The maximum absolute atomic E-state index is 13.6. The molecule has 0 heterocycles. The van der Waals surface area contributed by atoms with Gasteiger partial charge in [0.2, 0.25) is 11.8 Å². The molecule has 0 fully saturated rings. The number of amides is 3. The summed E-state index contributed by atoms with van der Waals surface area (Å²) < 4.78 is 0. The molecule has 0 spiro atoms. The summed E-state index contributed by atoms with van der Waals surface area (Å²) in [5.41, 5.74) is -0.943. The molecule has 2 aromatic rings. The molecule has 4 atom stereocenters. The van der Waals surface area contributed by atoms with Gasteiger partial charge in [-0.2, -0.15) is 0 Å². The minimum absolute atomic E-state index is 0.0357. The monoisotopic (exact) mass is 599 g/mol. The summed E-state index contributed by atoms with van der Waals surface area (Å²) in [6.07, 6.45) is -0.558. The van der Waals surface area contributed by atoms with Crippen LogP contribution in [0.15, 0.2) is 48.5 Å². The van der Waals surface area contributed by atoms with E-state index in [1.807, 2.05) is 27.7 Å². The van der Waals surface area contributed by atoms with Crippen molar-refractivity contribution in [3.63, 3.8) is 0 Å². The maximum atomic E-state index is 13.6. The standard InChI is InChI=1S/C30H41N5O8/c1-18(2)11-25(27(36)12-20(5)28(37)31-17-19(3)4)32-30(39)26(13-21-9-7-6-8-10-21)33-29(38)22-14-23(34(40)41)16-24(15-22)35(42)43/h6-10,14-16,18-20,25-27,36H,11-13,17H2,1-5H3,(H,31,37)(H,32,39)(H,33,38)/t20-,25+,26+,27+/m1/s1. The van der Waals surface area contributed by atoms with Gasteiger partial charge in [-0.3, -0.25) is 34.6 Å². The number of nitrogens with zero attached hydrogens (tertiary/aromatic N) is 2. The third-order valence-corrected chi connectivity index (χ3v) is 6.74. The molecule has 0 aliphatic heterocycles. The lowest BCUT2D eigenvalue weighted by Crippen LogP contribution is -2.54. The summed E-state index contributed by atoms with van der Waals surface area (Å²) >= 11 is 0. The van der Waals surface area contributed by atoms with Gasteiger partial charge in [0.1, 0.15) is 6.04 Å². The van der Waals surface area contributed by atoms with Crippen molar-refractivity contribution in [2.45, 2.75) is 72.1 Å². The predicted octanol–water partition coefficient (Wildman–Crippen LogP) is 3.53. The molecule has 0 saturated carbocycles. The van der Waals surface area contributed by atoms with Crippen molar-refractivity contribution in [3.05, 3.63) is 79.9 Å². The number of aliphatic hydroxyl groups excluding tert-OH is 1. The highest BCUT2D eigenvalue weighted by atomic mass is 16.6. The summed E-state index contributed by atoms with van der Waals surface area (Å²) in [5, 5.41) is 42.0. The molecule has 2 rings (SSSR count). The summed E-state index contributed by atoms with van der Waals surface area (Å²) in [5.74, 6) is -1.94. The van der Waals surface area contributed by atoms with Crippen LogP contribution in [0.2, 0.25) is 0 Å². The minimum atomic E-state index is -1.19. The van der Waals surface area contributed by atoms with Crippen LogP contribution >= 0.6 is 0 Å². The van der Waals surface area contributed by atoms with Crippen molar-refractivity contribution in [2.24, 2.45) is 17.8 Å². The van der Waals surface area contributed by atoms with Gasteiger partial charge >= 0.3 is 0 Å². The van der Waals surface area contributed by atoms with Gasteiger partial charge in [0.05, 0.1) is 33.6 Å². The van der Waals surface area contributed by atoms with Gasteiger partial charge < -0.3 is 21.1 Å². The summed E-state index contributed by atoms with van der Waals surface area (Å²) in [7, 11) is 0. The number of rotatable bonds is 16. The van der Waals surface area contributed by atoms with Crippen molar-refractivity contribution in [1.29, 1.82) is 0 Å². The topological polar surface area (TPSA) is 194 Å². The van der Waals surface area contributed by atoms with Crippen molar-refractivity contribution in [2.75, 3.05) is 6.54 Å². The first-order valence-corrected chi connectivity index (χ1v) is 14.2. The minimum Gasteiger partial charge on any atom is -0.391 e. The third-order valence-electron chi connectivity index (χ3n) is 6.74. The average Bonchev–Trinajstić information content (AvgIpc) is 2.94. The lowest BCUT2D eigenvalue weighted by Gasteiger charge is -2.29. The fraction of sp³-hybridized carbons (Fsp3) is 0.500. The van der Waals surface area contributed by atoms with Crippen LogP contribution < -0.4 is 16.0 Å². The van der Waals surface area contributed by atoms with E-state index in [4.69, 9.17) is 0 Å². The van der Waals surface area contributed by atoms with Gasteiger partial charge in [0.25, 0.3) is 17.3 Å². The second-order valence-electron chi connectivity index (χ2n) is 11.6. The molecule has 234 valence electrons. The molecule has 3 amide bonds. The van der Waals surface area contributed by atoms with E-state index in [-0.39, 0.29) is 36.1 Å². The summed E-state index contributed by atoms with van der Waals surface area (Å²) in [6, 6.07) is 9.41. The van der Waals surface area contributed by atoms with E-state index < -0.39 is 57.1 Å². The van der Waals surface area contributed by atoms with Crippen molar-refractivity contribution in [3.8, 4) is 0 Å².